The first kappa shape index (κ1) is 26.1. The SMILES string of the molecule is CC#Cc1cc(C=O)n([C@@H]2O[C@H](COP(=O)(O)OP(=O)(O)OP(=O)(O)O)[C@@H](O)[C@H]2O)c1. The predicted molar refractivity (Wildman–Crippen MR) is 98.1 cm³/mol. The number of carbonyl (C=O) groups is 1. The number of aliphatic hydroxyl groups is 2. The number of aldehydes is 1. The van der Waals surface area contributed by atoms with Gasteiger partial charge in [0.05, 0.1) is 12.3 Å². The summed E-state index contributed by atoms with van der Waals surface area (Å²) in [6, 6.07) is 1.39. The molecule has 15 nitrogen and oxygen atoms in total. The van der Waals surface area contributed by atoms with Gasteiger partial charge in [-0.25, -0.2) is 13.7 Å². The molecule has 1 saturated heterocycles. The molecule has 6 N–H and O–H groups in total. The van der Waals surface area contributed by atoms with Crippen LogP contribution in [0.3, 0.4) is 0 Å². The van der Waals surface area contributed by atoms with Crippen molar-refractivity contribution in [2.75, 3.05) is 6.61 Å². The molecule has 2 rings (SSSR count). The smallest absolute Gasteiger partial charge is 0.387 e. The first-order valence-electron chi connectivity index (χ1n) is 8.08. The van der Waals surface area contributed by atoms with E-state index in [1.807, 2.05) is 0 Å². The van der Waals surface area contributed by atoms with E-state index in [4.69, 9.17) is 19.4 Å². The topological polar surface area (TPSA) is 232 Å². The maximum atomic E-state index is 11.8. The van der Waals surface area contributed by atoms with E-state index in [-0.39, 0.29) is 5.69 Å². The second-order valence-electron chi connectivity index (χ2n) is 5.99. The van der Waals surface area contributed by atoms with Gasteiger partial charge in [0.15, 0.2) is 12.5 Å². The quantitative estimate of drug-likeness (QED) is 0.143. The Morgan fingerprint density at radius 1 is 1.13 bits per heavy atom. The summed E-state index contributed by atoms with van der Waals surface area (Å²) in [5.41, 5.74) is 0.453. The van der Waals surface area contributed by atoms with Gasteiger partial charge in [-0.05, 0) is 13.0 Å². The van der Waals surface area contributed by atoms with Crippen molar-refractivity contribution in [2.24, 2.45) is 0 Å². The number of ether oxygens (including phenoxy) is 1. The minimum atomic E-state index is -5.71. The molecule has 6 atom stereocenters. The van der Waals surface area contributed by atoms with Crippen LogP contribution in [0, 0.1) is 11.8 Å². The van der Waals surface area contributed by atoms with Crippen molar-refractivity contribution < 1.29 is 66.2 Å². The number of phosphoric acid groups is 3. The molecule has 0 spiro atoms. The van der Waals surface area contributed by atoms with Gasteiger partial charge in [0, 0.05) is 11.8 Å². The number of phosphoric ester groups is 1. The Labute approximate surface area is 174 Å². The number of aromatic nitrogens is 1. The van der Waals surface area contributed by atoms with Crippen LogP contribution >= 0.6 is 23.5 Å². The molecule has 18 heteroatoms. The van der Waals surface area contributed by atoms with Crippen LogP contribution in [0.1, 0.15) is 29.2 Å². The van der Waals surface area contributed by atoms with E-state index >= 15 is 0 Å². The third-order valence-corrected chi connectivity index (χ3v) is 7.50. The zero-order valence-corrected chi connectivity index (χ0v) is 18.2. The molecule has 1 aromatic rings. The second-order valence-corrected chi connectivity index (χ2v) is 10.4. The molecule has 0 radical (unpaired) electrons. The highest BCUT2D eigenvalue weighted by Gasteiger charge is 2.46. The van der Waals surface area contributed by atoms with Crippen molar-refractivity contribution >= 4 is 29.8 Å². The lowest BCUT2D eigenvalue weighted by molar-refractivity contribution is -0.0522. The van der Waals surface area contributed by atoms with E-state index in [9.17, 15) is 33.6 Å². The van der Waals surface area contributed by atoms with Crippen LogP contribution in [-0.2, 0) is 31.6 Å². The molecule has 31 heavy (non-hydrogen) atoms. The van der Waals surface area contributed by atoms with E-state index in [0.29, 0.717) is 11.8 Å². The lowest BCUT2D eigenvalue weighted by atomic mass is 10.1. The molecule has 0 bridgehead atoms. The predicted octanol–water partition coefficient (Wildman–Crippen LogP) is -0.366. The van der Waals surface area contributed by atoms with E-state index in [0.717, 1.165) is 0 Å². The van der Waals surface area contributed by atoms with Gasteiger partial charge in [-0.15, -0.1) is 5.92 Å². The van der Waals surface area contributed by atoms with E-state index in [1.165, 1.54) is 16.8 Å². The van der Waals surface area contributed by atoms with Crippen LogP contribution in [0.15, 0.2) is 12.3 Å². The normalized spacial score (nSPS) is 27.7. The summed E-state index contributed by atoms with van der Waals surface area (Å²) in [6.45, 7) is 0.582. The number of hydrogen-bond donors (Lipinski definition) is 6. The fraction of sp³-hybridized carbons (Fsp3) is 0.462. The molecule has 1 fully saturated rings. The van der Waals surface area contributed by atoms with Crippen molar-refractivity contribution in [2.45, 2.75) is 31.5 Å². The summed E-state index contributed by atoms with van der Waals surface area (Å²) < 4.78 is 51.7. The lowest BCUT2D eigenvalue weighted by Crippen LogP contribution is -2.33. The van der Waals surface area contributed by atoms with Gasteiger partial charge in [-0.2, -0.15) is 8.62 Å². The Kier molecular flexibility index (Phi) is 8.19. The average Bonchev–Trinajstić information content (AvgIpc) is 3.12. The summed E-state index contributed by atoms with van der Waals surface area (Å²) in [6.07, 6.45) is -4.30. The molecule has 1 aliphatic heterocycles. The molecule has 0 aliphatic carbocycles. The van der Waals surface area contributed by atoms with Gasteiger partial charge >= 0.3 is 23.5 Å². The fourth-order valence-electron chi connectivity index (χ4n) is 2.59. The van der Waals surface area contributed by atoms with Crippen LogP contribution in [0.4, 0.5) is 0 Å². The molecule has 174 valence electrons. The zero-order chi connectivity index (χ0) is 23.6. The van der Waals surface area contributed by atoms with E-state index in [2.05, 4.69) is 25.0 Å². The highest BCUT2D eigenvalue weighted by atomic mass is 31.3. The van der Waals surface area contributed by atoms with Crippen LogP contribution in [0.25, 0.3) is 0 Å². The van der Waals surface area contributed by atoms with Crippen molar-refractivity contribution in [3.63, 3.8) is 0 Å². The van der Waals surface area contributed by atoms with Crippen LogP contribution in [0.5, 0.6) is 0 Å². The Balaban J connectivity index is 2.09. The number of aliphatic hydroxyl groups excluding tert-OH is 2. The molecule has 1 aromatic heterocycles. The van der Waals surface area contributed by atoms with Crippen LogP contribution in [0.2, 0.25) is 0 Å². The molecular formula is C13H18NO14P3. The largest absolute Gasteiger partial charge is 0.490 e. The lowest BCUT2D eigenvalue weighted by Gasteiger charge is -2.19. The van der Waals surface area contributed by atoms with Crippen molar-refractivity contribution in [1.82, 2.24) is 4.57 Å². The summed E-state index contributed by atoms with van der Waals surface area (Å²) in [4.78, 5) is 46.8. The number of nitrogens with zero attached hydrogens (tertiary/aromatic N) is 1. The Morgan fingerprint density at radius 3 is 2.32 bits per heavy atom. The van der Waals surface area contributed by atoms with Gasteiger partial charge < -0.3 is 39.1 Å². The zero-order valence-electron chi connectivity index (χ0n) is 15.5. The molecule has 0 amide bonds. The summed E-state index contributed by atoms with van der Waals surface area (Å²) in [5, 5.41) is 20.3. The van der Waals surface area contributed by atoms with Crippen molar-refractivity contribution in [3.8, 4) is 11.8 Å². The van der Waals surface area contributed by atoms with Crippen molar-refractivity contribution in [3.05, 3.63) is 23.5 Å². The Hall–Kier alpha value is -1.20. The second kappa shape index (κ2) is 9.74. The van der Waals surface area contributed by atoms with Gasteiger partial charge in [0.2, 0.25) is 0 Å². The Bertz CT molecular complexity index is 1020. The van der Waals surface area contributed by atoms with E-state index in [1.54, 1.807) is 6.92 Å². The molecule has 1 aliphatic rings. The number of rotatable bonds is 9. The number of carbonyl (C=O) groups excluding carboxylic acids is 1. The standard InChI is InChI=1S/C13H18NO14P3/c1-2-3-8-4-9(6-15)14(5-8)13-12(17)11(16)10(26-13)7-25-30(21,22)28-31(23,24)27-29(18,19)20/h4-6,10-13,16-17H,7H2,1H3,(H,21,22)(H,23,24)(H2,18,19,20)/t10-,11-,12-,13-/m1/s1. The van der Waals surface area contributed by atoms with E-state index < -0.39 is 54.6 Å². The minimum Gasteiger partial charge on any atom is -0.387 e. The van der Waals surface area contributed by atoms with Gasteiger partial charge in [0.25, 0.3) is 0 Å². The molecule has 2 heterocycles. The van der Waals surface area contributed by atoms with Crippen LogP contribution in [-0.4, -0.2) is 65.6 Å². The third-order valence-electron chi connectivity index (χ3n) is 3.70. The molecule has 2 unspecified atom stereocenters. The third kappa shape index (κ3) is 7.15. The molecular weight excluding hydrogens is 487 g/mol. The highest BCUT2D eigenvalue weighted by molar-refractivity contribution is 7.66. The highest BCUT2D eigenvalue weighted by Crippen LogP contribution is 2.66. The first-order valence-corrected chi connectivity index (χ1v) is 12.6. The first-order chi connectivity index (χ1) is 14.2. The van der Waals surface area contributed by atoms with Gasteiger partial charge in [-0.1, -0.05) is 5.92 Å². The summed E-state index contributed by atoms with van der Waals surface area (Å²) >= 11 is 0. The van der Waals surface area contributed by atoms with Gasteiger partial charge in [0.1, 0.15) is 18.3 Å². The summed E-state index contributed by atoms with van der Waals surface area (Å²) in [7, 11) is -16.7. The number of hydrogen-bond acceptors (Lipinski definition) is 10. The maximum absolute atomic E-state index is 11.8. The summed E-state index contributed by atoms with van der Waals surface area (Å²) in [5.74, 6) is 5.30. The van der Waals surface area contributed by atoms with Gasteiger partial charge in [-0.3, -0.25) is 9.32 Å². The minimum absolute atomic E-state index is 0.0440. The van der Waals surface area contributed by atoms with Crippen LogP contribution < -0.4 is 0 Å². The Morgan fingerprint density at radius 2 is 1.77 bits per heavy atom. The molecule has 0 saturated carbocycles. The average molecular weight is 505 g/mol. The monoisotopic (exact) mass is 505 g/mol. The van der Waals surface area contributed by atoms with Crippen molar-refractivity contribution in [1.29, 1.82) is 0 Å². The fourth-order valence-corrected chi connectivity index (χ4v) is 5.62. The molecule has 0 aromatic carbocycles. The maximum Gasteiger partial charge on any atom is 0.490 e.